The van der Waals surface area contributed by atoms with E-state index in [0.717, 1.165) is 51.4 Å². The van der Waals surface area contributed by atoms with Crippen molar-refractivity contribution in [1.82, 2.24) is 0 Å². The monoisotopic (exact) mass is 447 g/mol. The topological polar surface area (TPSA) is 68.9 Å². The molecule has 0 atom stereocenters. The van der Waals surface area contributed by atoms with Crippen LogP contribution in [0, 0.1) is 19.8 Å². The van der Waals surface area contributed by atoms with E-state index >= 15 is 0 Å². The van der Waals surface area contributed by atoms with E-state index in [2.05, 4.69) is 36.3 Å². The van der Waals surface area contributed by atoms with Crippen LogP contribution >= 0.6 is 24.0 Å². The third-order valence-corrected chi connectivity index (χ3v) is 4.20. The highest BCUT2D eigenvalue weighted by Gasteiger charge is 2.13. The summed E-state index contributed by atoms with van der Waals surface area (Å²) in [6, 6.07) is 6.17. The minimum atomic E-state index is 0. The Morgan fingerprint density at radius 1 is 1.29 bits per heavy atom. The minimum absolute atomic E-state index is 0. The van der Waals surface area contributed by atoms with Gasteiger partial charge >= 0.3 is 0 Å². The molecule has 0 unspecified atom stereocenters. The van der Waals surface area contributed by atoms with Gasteiger partial charge in [-0.25, -0.2) is 0 Å². The van der Waals surface area contributed by atoms with Crippen molar-refractivity contribution in [2.75, 3.05) is 38.3 Å². The van der Waals surface area contributed by atoms with Crippen LogP contribution < -0.4 is 11.1 Å². The fourth-order valence-corrected chi connectivity index (χ4v) is 2.54. The van der Waals surface area contributed by atoms with E-state index in [1.165, 1.54) is 11.1 Å². The van der Waals surface area contributed by atoms with Gasteiger partial charge in [0.25, 0.3) is 0 Å². The second-order valence-electron chi connectivity index (χ2n) is 6.18. The van der Waals surface area contributed by atoms with Gasteiger partial charge in [0.15, 0.2) is 5.96 Å². The standard InChI is InChI=1S/C18H29N3O2.HI/c1-14-4-5-17(12-15(14)2)21-18(19)20-8-3-9-23-13-16-6-10-22-11-7-16;/h4-5,12,16H,3,6-11,13H2,1-2H3,(H3,19,20,21);1H. The molecule has 2 rings (SSSR count). The Kier molecular flexibility index (Phi) is 10.3. The average Bonchev–Trinajstić information content (AvgIpc) is 2.55. The second-order valence-corrected chi connectivity index (χ2v) is 6.18. The molecular formula is C18H30IN3O2. The molecule has 1 aliphatic heterocycles. The van der Waals surface area contributed by atoms with Crippen LogP contribution in [0.15, 0.2) is 23.2 Å². The number of hydrogen-bond donors (Lipinski definition) is 2. The molecule has 1 saturated heterocycles. The lowest BCUT2D eigenvalue weighted by molar-refractivity contribution is 0.0205. The highest BCUT2D eigenvalue weighted by molar-refractivity contribution is 14.0. The van der Waals surface area contributed by atoms with Gasteiger partial charge in [0, 0.05) is 38.7 Å². The maximum atomic E-state index is 5.91. The van der Waals surface area contributed by atoms with Crippen LogP contribution in [0.1, 0.15) is 30.4 Å². The number of aliphatic imine (C=N–C) groups is 1. The van der Waals surface area contributed by atoms with E-state index in [9.17, 15) is 0 Å². The summed E-state index contributed by atoms with van der Waals surface area (Å²) in [6.07, 6.45) is 3.12. The molecule has 1 aromatic rings. The number of hydrogen-bond acceptors (Lipinski definition) is 3. The molecule has 0 spiro atoms. The molecule has 0 amide bonds. The van der Waals surface area contributed by atoms with Crippen LogP contribution in [0.3, 0.4) is 0 Å². The van der Waals surface area contributed by atoms with E-state index in [1.807, 2.05) is 6.07 Å². The normalized spacial score (nSPS) is 15.8. The van der Waals surface area contributed by atoms with Crippen molar-refractivity contribution in [2.45, 2.75) is 33.1 Å². The smallest absolute Gasteiger partial charge is 0.193 e. The van der Waals surface area contributed by atoms with Crippen molar-refractivity contribution < 1.29 is 9.47 Å². The van der Waals surface area contributed by atoms with Crippen molar-refractivity contribution in [1.29, 1.82) is 0 Å². The zero-order valence-electron chi connectivity index (χ0n) is 14.7. The quantitative estimate of drug-likeness (QED) is 0.291. The van der Waals surface area contributed by atoms with E-state index in [4.69, 9.17) is 15.2 Å². The van der Waals surface area contributed by atoms with Crippen LogP contribution in [-0.2, 0) is 9.47 Å². The molecule has 0 saturated carbocycles. The number of benzene rings is 1. The molecule has 1 aromatic carbocycles. The summed E-state index contributed by atoms with van der Waals surface area (Å²) in [5.41, 5.74) is 9.40. The molecule has 136 valence electrons. The summed E-state index contributed by atoms with van der Waals surface area (Å²) in [5.74, 6) is 1.11. The first-order valence-electron chi connectivity index (χ1n) is 8.45. The first-order chi connectivity index (χ1) is 11.1. The van der Waals surface area contributed by atoms with Gasteiger partial charge < -0.3 is 20.5 Å². The fourth-order valence-electron chi connectivity index (χ4n) is 2.54. The number of nitrogens with zero attached hydrogens (tertiary/aromatic N) is 1. The molecule has 0 radical (unpaired) electrons. The lowest BCUT2D eigenvalue weighted by Crippen LogP contribution is -2.23. The van der Waals surface area contributed by atoms with Crippen molar-refractivity contribution >= 4 is 35.6 Å². The molecule has 1 fully saturated rings. The molecule has 0 aliphatic carbocycles. The van der Waals surface area contributed by atoms with Gasteiger partial charge in [-0.2, -0.15) is 0 Å². The third-order valence-electron chi connectivity index (χ3n) is 4.20. The van der Waals surface area contributed by atoms with Gasteiger partial charge in [-0.05, 0) is 62.3 Å². The maximum absolute atomic E-state index is 5.91. The lowest BCUT2D eigenvalue weighted by atomic mass is 10.0. The van der Waals surface area contributed by atoms with E-state index < -0.39 is 0 Å². The van der Waals surface area contributed by atoms with E-state index in [0.29, 0.717) is 18.4 Å². The highest BCUT2D eigenvalue weighted by atomic mass is 127. The molecule has 0 bridgehead atoms. The van der Waals surface area contributed by atoms with E-state index in [-0.39, 0.29) is 24.0 Å². The minimum Gasteiger partial charge on any atom is -0.381 e. The summed E-state index contributed by atoms with van der Waals surface area (Å²) in [4.78, 5) is 4.34. The number of guanidine groups is 1. The van der Waals surface area contributed by atoms with Crippen LogP contribution in [0.25, 0.3) is 0 Å². The second kappa shape index (κ2) is 11.7. The van der Waals surface area contributed by atoms with Crippen LogP contribution in [-0.4, -0.2) is 38.9 Å². The Morgan fingerprint density at radius 2 is 2.04 bits per heavy atom. The number of nitrogens with two attached hydrogens (primary N) is 1. The van der Waals surface area contributed by atoms with Gasteiger partial charge in [-0.15, -0.1) is 24.0 Å². The number of rotatable bonds is 7. The van der Waals surface area contributed by atoms with Gasteiger partial charge in [-0.3, -0.25) is 4.99 Å². The lowest BCUT2D eigenvalue weighted by Gasteiger charge is -2.21. The SMILES string of the molecule is Cc1ccc(NC(N)=NCCCOCC2CCOCC2)cc1C.I. The van der Waals surface area contributed by atoms with Crippen LogP contribution in [0.2, 0.25) is 0 Å². The fraction of sp³-hybridized carbons (Fsp3) is 0.611. The van der Waals surface area contributed by atoms with Crippen molar-refractivity contribution in [3.63, 3.8) is 0 Å². The Morgan fingerprint density at radius 3 is 2.75 bits per heavy atom. The molecule has 1 heterocycles. The average molecular weight is 447 g/mol. The Labute approximate surface area is 162 Å². The van der Waals surface area contributed by atoms with Gasteiger partial charge in [0.05, 0.1) is 0 Å². The summed E-state index contributed by atoms with van der Waals surface area (Å²) >= 11 is 0. The van der Waals surface area contributed by atoms with Gasteiger partial charge in [-0.1, -0.05) is 6.07 Å². The first-order valence-corrected chi connectivity index (χ1v) is 8.45. The summed E-state index contributed by atoms with van der Waals surface area (Å²) in [7, 11) is 0. The Hall–Kier alpha value is -0.860. The maximum Gasteiger partial charge on any atom is 0.193 e. The predicted octanol–water partition coefficient (Wildman–Crippen LogP) is 3.48. The third kappa shape index (κ3) is 7.81. The molecular weight excluding hydrogens is 417 g/mol. The summed E-state index contributed by atoms with van der Waals surface area (Å²) in [6.45, 7) is 8.18. The number of halogens is 1. The molecule has 1 aliphatic rings. The van der Waals surface area contributed by atoms with Gasteiger partial charge in [0.2, 0.25) is 0 Å². The number of aryl methyl sites for hydroxylation is 2. The summed E-state index contributed by atoms with van der Waals surface area (Å²) < 4.78 is 11.1. The molecule has 24 heavy (non-hydrogen) atoms. The number of anilines is 1. The Bertz CT molecular complexity index is 517. The van der Waals surface area contributed by atoms with Crippen LogP contribution in [0.5, 0.6) is 0 Å². The van der Waals surface area contributed by atoms with E-state index in [1.54, 1.807) is 0 Å². The zero-order chi connectivity index (χ0) is 16.5. The van der Waals surface area contributed by atoms with Crippen molar-refractivity contribution in [2.24, 2.45) is 16.6 Å². The largest absolute Gasteiger partial charge is 0.381 e. The van der Waals surface area contributed by atoms with Crippen LogP contribution in [0.4, 0.5) is 5.69 Å². The molecule has 6 heteroatoms. The highest BCUT2D eigenvalue weighted by Crippen LogP contribution is 2.15. The molecule has 5 nitrogen and oxygen atoms in total. The van der Waals surface area contributed by atoms with Gasteiger partial charge in [0.1, 0.15) is 0 Å². The molecule has 0 aromatic heterocycles. The molecule has 3 N–H and O–H groups in total. The first kappa shape index (κ1) is 21.2. The van der Waals surface area contributed by atoms with Crippen molar-refractivity contribution in [3.05, 3.63) is 29.3 Å². The Balaban J connectivity index is 0.00000288. The number of ether oxygens (including phenoxy) is 2. The zero-order valence-corrected chi connectivity index (χ0v) is 17.0. The van der Waals surface area contributed by atoms with Crippen molar-refractivity contribution in [3.8, 4) is 0 Å². The summed E-state index contributed by atoms with van der Waals surface area (Å²) in [5, 5.41) is 3.13. The number of nitrogens with one attached hydrogen (secondary N) is 1. The predicted molar refractivity (Wildman–Crippen MR) is 110 cm³/mol.